The number of ketones is 1. The van der Waals surface area contributed by atoms with Crippen molar-refractivity contribution in [1.29, 1.82) is 0 Å². The van der Waals surface area contributed by atoms with Gasteiger partial charge >= 0.3 is 0 Å². The number of nitrogens with zero attached hydrogens (tertiary/aromatic N) is 2. The summed E-state index contributed by atoms with van der Waals surface area (Å²) in [7, 11) is 0. The van der Waals surface area contributed by atoms with Gasteiger partial charge in [0.1, 0.15) is 0 Å². The maximum atomic E-state index is 11.9. The van der Waals surface area contributed by atoms with Gasteiger partial charge in [-0.3, -0.25) is 4.79 Å². The van der Waals surface area contributed by atoms with Crippen LogP contribution in [-0.4, -0.2) is 15.3 Å². The number of halogens is 1. The predicted molar refractivity (Wildman–Crippen MR) is 61.0 cm³/mol. The van der Waals surface area contributed by atoms with E-state index in [9.17, 15) is 4.79 Å². The van der Waals surface area contributed by atoms with Gasteiger partial charge in [-0.05, 0) is 0 Å². The summed E-state index contributed by atoms with van der Waals surface area (Å²) in [6.45, 7) is 0. The van der Waals surface area contributed by atoms with Gasteiger partial charge < -0.3 is 4.57 Å². The average molecular weight is 265 g/mol. The zero-order valence-corrected chi connectivity index (χ0v) is 9.46. The molecule has 3 nitrogen and oxygen atoms in total. The van der Waals surface area contributed by atoms with E-state index >= 15 is 0 Å². The first-order valence-corrected chi connectivity index (χ1v) is 5.41. The highest BCUT2D eigenvalue weighted by atomic mass is 79.9. The molecular formula is C11H9BrN2O. The van der Waals surface area contributed by atoms with E-state index in [1.54, 1.807) is 35.4 Å². The summed E-state index contributed by atoms with van der Waals surface area (Å²) in [6.07, 6.45) is 5.01. The Morgan fingerprint density at radius 1 is 1.33 bits per heavy atom. The Morgan fingerprint density at radius 3 is 2.67 bits per heavy atom. The van der Waals surface area contributed by atoms with Gasteiger partial charge in [-0.1, -0.05) is 46.3 Å². The van der Waals surface area contributed by atoms with Gasteiger partial charge in [-0.15, -0.1) is 0 Å². The number of alkyl halides is 1. The molecule has 0 amide bonds. The van der Waals surface area contributed by atoms with E-state index in [-0.39, 0.29) is 10.7 Å². The molecule has 0 bridgehead atoms. The van der Waals surface area contributed by atoms with Gasteiger partial charge in [0.2, 0.25) is 0 Å². The molecule has 0 saturated heterocycles. The Morgan fingerprint density at radius 2 is 2.07 bits per heavy atom. The molecule has 0 aliphatic rings. The van der Waals surface area contributed by atoms with Crippen LogP contribution in [0.3, 0.4) is 0 Å². The van der Waals surface area contributed by atoms with Crippen molar-refractivity contribution in [3.63, 3.8) is 0 Å². The van der Waals surface area contributed by atoms with Crippen LogP contribution >= 0.6 is 15.9 Å². The normalized spacial score (nSPS) is 12.3. The minimum atomic E-state index is -0.387. The molecule has 2 rings (SSSR count). The second kappa shape index (κ2) is 4.40. The molecule has 0 fully saturated rings. The second-order valence-corrected chi connectivity index (χ2v) is 3.94. The van der Waals surface area contributed by atoms with Crippen molar-refractivity contribution in [1.82, 2.24) is 9.55 Å². The third kappa shape index (κ3) is 2.15. The third-order valence-corrected chi connectivity index (χ3v) is 2.95. The minimum absolute atomic E-state index is 0.0219. The third-order valence-electron chi connectivity index (χ3n) is 2.06. The molecule has 0 N–H and O–H groups in total. The topological polar surface area (TPSA) is 34.9 Å². The van der Waals surface area contributed by atoms with E-state index in [4.69, 9.17) is 0 Å². The largest absolute Gasteiger partial charge is 0.317 e. The number of hydrogen-bond acceptors (Lipinski definition) is 2. The van der Waals surface area contributed by atoms with Crippen LogP contribution in [-0.2, 0) is 0 Å². The molecule has 76 valence electrons. The number of rotatable bonds is 3. The second-order valence-electron chi connectivity index (χ2n) is 3.08. The van der Waals surface area contributed by atoms with E-state index < -0.39 is 0 Å². The summed E-state index contributed by atoms with van der Waals surface area (Å²) in [5.74, 6) is 0.0219. The Bertz CT molecular complexity index is 439. The number of hydrogen-bond donors (Lipinski definition) is 0. The smallest absolute Gasteiger partial charge is 0.196 e. The number of carbonyl (C=O) groups excluding carboxylic acids is 1. The number of benzene rings is 1. The van der Waals surface area contributed by atoms with E-state index in [1.807, 2.05) is 18.2 Å². The molecule has 1 aromatic carbocycles. The summed E-state index contributed by atoms with van der Waals surface area (Å²) in [6, 6.07) is 9.18. The summed E-state index contributed by atoms with van der Waals surface area (Å²) < 4.78 is 1.72. The molecule has 1 heterocycles. The molecule has 0 spiro atoms. The Kier molecular flexibility index (Phi) is 2.97. The SMILES string of the molecule is O=C(c1ccccc1)C(Br)n1ccnc1. The van der Waals surface area contributed by atoms with Crippen molar-refractivity contribution >= 4 is 21.7 Å². The highest BCUT2D eigenvalue weighted by Crippen LogP contribution is 2.20. The zero-order chi connectivity index (χ0) is 10.7. The maximum Gasteiger partial charge on any atom is 0.196 e. The first-order valence-electron chi connectivity index (χ1n) is 4.50. The number of Topliss-reactive ketones (excluding diaryl/α,β-unsaturated/α-hetero) is 1. The van der Waals surface area contributed by atoms with Crippen molar-refractivity contribution in [2.75, 3.05) is 0 Å². The molecular weight excluding hydrogens is 256 g/mol. The minimum Gasteiger partial charge on any atom is -0.317 e. The van der Waals surface area contributed by atoms with E-state index in [0.29, 0.717) is 5.56 Å². The van der Waals surface area contributed by atoms with Gasteiger partial charge in [0, 0.05) is 18.0 Å². The first-order chi connectivity index (χ1) is 7.29. The van der Waals surface area contributed by atoms with Crippen LogP contribution in [0.1, 0.15) is 15.3 Å². The van der Waals surface area contributed by atoms with Crippen molar-refractivity contribution in [3.05, 3.63) is 54.6 Å². The monoisotopic (exact) mass is 264 g/mol. The summed E-state index contributed by atoms with van der Waals surface area (Å²) in [5.41, 5.74) is 0.688. The highest BCUT2D eigenvalue weighted by molar-refractivity contribution is 9.09. The van der Waals surface area contributed by atoms with Gasteiger partial charge in [0.05, 0.1) is 6.33 Å². The lowest BCUT2D eigenvalue weighted by Gasteiger charge is -2.09. The molecule has 0 aliphatic carbocycles. The van der Waals surface area contributed by atoms with Crippen LogP contribution in [0.4, 0.5) is 0 Å². The van der Waals surface area contributed by atoms with Crippen LogP contribution in [0.25, 0.3) is 0 Å². The average Bonchev–Trinajstić information content (AvgIpc) is 2.82. The lowest BCUT2D eigenvalue weighted by Crippen LogP contribution is -2.12. The van der Waals surface area contributed by atoms with Crippen molar-refractivity contribution in [3.8, 4) is 0 Å². The van der Waals surface area contributed by atoms with Crippen LogP contribution in [0.5, 0.6) is 0 Å². The maximum absolute atomic E-state index is 11.9. The summed E-state index contributed by atoms with van der Waals surface area (Å²) in [5, 5.41) is 0. The summed E-state index contributed by atoms with van der Waals surface area (Å²) >= 11 is 3.34. The molecule has 0 radical (unpaired) electrons. The van der Waals surface area contributed by atoms with Crippen molar-refractivity contribution < 1.29 is 4.79 Å². The Hall–Kier alpha value is -1.42. The van der Waals surface area contributed by atoms with Crippen molar-refractivity contribution in [2.45, 2.75) is 4.95 Å². The highest BCUT2D eigenvalue weighted by Gasteiger charge is 2.17. The van der Waals surface area contributed by atoms with E-state index in [0.717, 1.165) is 0 Å². The molecule has 1 aromatic heterocycles. The quantitative estimate of drug-likeness (QED) is 0.631. The predicted octanol–water partition coefficient (Wildman–Crippen LogP) is 2.66. The lowest BCUT2D eigenvalue weighted by molar-refractivity contribution is 0.0970. The molecule has 4 heteroatoms. The summed E-state index contributed by atoms with van der Waals surface area (Å²) in [4.78, 5) is 15.5. The fourth-order valence-corrected chi connectivity index (χ4v) is 1.79. The van der Waals surface area contributed by atoms with Gasteiger partial charge in [0.25, 0.3) is 0 Å². The van der Waals surface area contributed by atoms with Crippen LogP contribution in [0.15, 0.2) is 49.1 Å². The van der Waals surface area contributed by atoms with Crippen LogP contribution in [0.2, 0.25) is 0 Å². The lowest BCUT2D eigenvalue weighted by atomic mass is 10.1. The van der Waals surface area contributed by atoms with E-state index in [1.165, 1.54) is 0 Å². The molecule has 1 atom stereocenters. The Labute approximate surface area is 95.9 Å². The molecule has 0 aliphatic heterocycles. The standard InChI is InChI=1S/C11H9BrN2O/c12-11(14-7-6-13-8-14)10(15)9-4-2-1-3-5-9/h1-8,11H. The number of imidazole rings is 1. The van der Waals surface area contributed by atoms with Gasteiger partial charge in [-0.2, -0.15) is 0 Å². The zero-order valence-electron chi connectivity index (χ0n) is 7.88. The van der Waals surface area contributed by atoms with Crippen LogP contribution in [0, 0.1) is 0 Å². The molecule has 1 unspecified atom stereocenters. The fraction of sp³-hybridized carbons (Fsp3) is 0.0909. The molecule has 2 aromatic rings. The van der Waals surface area contributed by atoms with Crippen LogP contribution < -0.4 is 0 Å². The fourth-order valence-electron chi connectivity index (χ4n) is 1.28. The van der Waals surface area contributed by atoms with Gasteiger partial charge in [0.15, 0.2) is 10.7 Å². The molecule has 0 saturated carbocycles. The number of carbonyl (C=O) groups is 1. The van der Waals surface area contributed by atoms with Crippen molar-refractivity contribution in [2.24, 2.45) is 0 Å². The van der Waals surface area contributed by atoms with Gasteiger partial charge in [-0.25, -0.2) is 4.98 Å². The van der Waals surface area contributed by atoms with E-state index in [2.05, 4.69) is 20.9 Å². The number of aromatic nitrogens is 2. The molecule has 15 heavy (non-hydrogen) atoms. The first kappa shape index (κ1) is 10.1. The Balaban J connectivity index is 2.23.